The van der Waals surface area contributed by atoms with Crippen LogP contribution in [0.1, 0.15) is 56.6 Å². The molecule has 0 atom stereocenters. The van der Waals surface area contributed by atoms with E-state index in [1.54, 1.807) is 12.3 Å². The van der Waals surface area contributed by atoms with E-state index in [1.165, 1.54) is 19.5 Å². The van der Waals surface area contributed by atoms with Crippen molar-refractivity contribution in [3.63, 3.8) is 0 Å². The fourth-order valence-electron chi connectivity index (χ4n) is 4.21. The van der Waals surface area contributed by atoms with Crippen molar-refractivity contribution in [3.8, 4) is 12.3 Å². The van der Waals surface area contributed by atoms with E-state index in [0.717, 1.165) is 12.8 Å². The van der Waals surface area contributed by atoms with Crippen molar-refractivity contribution in [2.75, 3.05) is 24.8 Å². The Balaban J connectivity index is 1.88. The number of nitrogens with one attached hydrogen (secondary N) is 2. The second-order valence-electron chi connectivity index (χ2n) is 9.10. The van der Waals surface area contributed by atoms with Gasteiger partial charge in [0.25, 0.3) is 0 Å². The van der Waals surface area contributed by atoms with Crippen LogP contribution in [-0.4, -0.2) is 57.1 Å². The molecule has 0 spiro atoms. The maximum atomic E-state index is 12.4. The Kier molecular flexibility index (Phi) is 6.18. The zero-order chi connectivity index (χ0) is 22.8. The summed E-state index contributed by atoms with van der Waals surface area (Å²) in [5.41, 5.74) is 1.52. The van der Waals surface area contributed by atoms with Crippen LogP contribution in [0.25, 0.3) is 0 Å². The number of aromatic nitrogens is 3. The molecule has 0 saturated carbocycles. The predicted octanol–water partition coefficient (Wildman–Crippen LogP) is 3.45. The Labute approximate surface area is 183 Å². The lowest BCUT2D eigenvalue weighted by Crippen LogP contribution is -2.61. The van der Waals surface area contributed by atoms with Crippen molar-refractivity contribution in [1.29, 1.82) is 0 Å². The lowest BCUT2D eigenvalue weighted by atomic mass is 9.77. The molecule has 0 amide bonds. The first-order chi connectivity index (χ1) is 14.6. The predicted molar refractivity (Wildman–Crippen MR) is 121 cm³/mol. The molecule has 2 aromatic rings. The first kappa shape index (κ1) is 22.5. The standard InChI is InChI=1S/C23H30N6O2/c1-8-15-12-25-20(14-24-15)28-19-9-18(17(13-26-19)21(30)31-7)27-16-10-22(2,3)29(6)23(4,5)11-16/h1,9,12-14,16H,10-11H2,2-7H3,(H2,25,26,27,28). The minimum Gasteiger partial charge on any atom is -0.465 e. The molecule has 2 N–H and O–H groups in total. The maximum absolute atomic E-state index is 12.4. The zero-order valence-electron chi connectivity index (χ0n) is 19.0. The number of carbonyl (C=O) groups excluding carboxylic acids is 1. The number of carbonyl (C=O) groups is 1. The summed E-state index contributed by atoms with van der Waals surface area (Å²) in [5, 5.41) is 6.67. The first-order valence-electron chi connectivity index (χ1n) is 10.2. The fraction of sp³-hybridized carbons (Fsp3) is 0.478. The summed E-state index contributed by atoms with van der Waals surface area (Å²) in [6.45, 7) is 8.95. The summed E-state index contributed by atoms with van der Waals surface area (Å²) in [4.78, 5) is 27.5. The average molecular weight is 423 g/mol. The van der Waals surface area contributed by atoms with Gasteiger partial charge in [0.15, 0.2) is 0 Å². The molecule has 1 fully saturated rings. The summed E-state index contributed by atoms with van der Waals surface area (Å²) < 4.78 is 4.96. The third kappa shape index (κ3) is 4.94. The van der Waals surface area contributed by atoms with Gasteiger partial charge in [0.1, 0.15) is 22.9 Å². The quantitative estimate of drug-likeness (QED) is 0.559. The van der Waals surface area contributed by atoms with Crippen LogP contribution in [0, 0.1) is 12.3 Å². The number of likely N-dealkylation sites (tertiary alicyclic amines) is 1. The van der Waals surface area contributed by atoms with Gasteiger partial charge in [-0.05, 0) is 53.5 Å². The number of methoxy groups -OCH3 is 1. The SMILES string of the molecule is C#Cc1cnc(Nc2cc(NC3CC(C)(C)N(C)C(C)(C)C3)c(C(=O)OC)cn2)cn1. The van der Waals surface area contributed by atoms with E-state index >= 15 is 0 Å². The Morgan fingerprint density at radius 2 is 1.77 bits per heavy atom. The molecule has 8 heteroatoms. The second kappa shape index (κ2) is 8.52. The molecule has 3 rings (SSSR count). The Hall–Kier alpha value is -3.18. The number of ether oxygens (including phenoxy) is 1. The zero-order valence-corrected chi connectivity index (χ0v) is 19.0. The van der Waals surface area contributed by atoms with Gasteiger partial charge in [0, 0.05) is 29.4 Å². The number of hydrogen-bond donors (Lipinski definition) is 2. The number of rotatable bonds is 5. The third-order valence-corrected chi connectivity index (χ3v) is 6.03. The third-order valence-electron chi connectivity index (χ3n) is 6.03. The molecule has 0 unspecified atom stereocenters. The van der Waals surface area contributed by atoms with Gasteiger partial charge in [-0.2, -0.15) is 0 Å². The van der Waals surface area contributed by atoms with Gasteiger partial charge in [-0.25, -0.2) is 19.7 Å². The van der Waals surface area contributed by atoms with Gasteiger partial charge in [-0.1, -0.05) is 0 Å². The van der Waals surface area contributed by atoms with Gasteiger partial charge < -0.3 is 15.4 Å². The van der Waals surface area contributed by atoms with Crippen molar-refractivity contribution in [2.24, 2.45) is 0 Å². The van der Waals surface area contributed by atoms with Crippen LogP contribution >= 0.6 is 0 Å². The lowest BCUT2D eigenvalue weighted by molar-refractivity contribution is -0.00767. The molecule has 31 heavy (non-hydrogen) atoms. The highest BCUT2D eigenvalue weighted by Gasteiger charge is 2.43. The molecular weight excluding hydrogens is 392 g/mol. The Morgan fingerprint density at radius 3 is 2.32 bits per heavy atom. The highest BCUT2D eigenvalue weighted by atomic mass is 16.5. The van der Waals surface area contributed by atoms with Gasteiger partial charge in [-0.3, -0.25) is 4.90 Å². The smallest absolute Gasteiger partial charge is 0.341 e. The summed E-state index contributed by atoms with van der Waals surface area (Å²) in [5.74, 6) is 3.03. The summed E-state index contributed by atoms with van der Waals surface area (Å²) >= 11 is 0. The van der Waals surface area contributed by atoms with Crippen LogP contribution in [0.5, 0.6) is 0 Å². The summed E-state index contributed by atoms with van der Waals surface area (Å²) in [6.07, 6.45) is 11.7. The summed E-state index contributed by atoms with van der Waals surface area (Å²) in [7, 11) is 3.53. The average Bonchev–Trinajstić information content (AvgIpc) is 2.72. The molecule has 1 aliphatic rings. The van der Waals surface area contributed by atoms with E-state index in [1.807, 2.05) is 0 Å². The van der Waals surface area contributed by atoms with E-state index < -0.39 is 5.97 Å². The number of terminal acetylenes is 1. The van der Waals surface area contributed by atoms with Crippen molar-refractivity contribution in [1.82, 2.24) is 19.9 Å². The van der Waals surface area contributed by atoms with Gasteiger partial charge >= 0.3 is 5.97 Å². The lowest BCUT2D eigenvalue weighted by Gasteiger charge is -2.54. The molecule has 0 aliphatic carbocycles. The van der Waals surface area contributed by atoms with Crippen molar-refractivity contribution >= 4 is 23.3 Å². The molecule has 164 valence electrons. The second-order valence-corrected chi connectivity index (χ2v) is 9.10. The molecule has 2 aromatic heterocycles. The number of anilines is 3. The van der Waals surface area contributed by atoms with E-state index in [0.29, 0.717) is 28.6 Å². The van der Waals surface area contributed by atoms with E-state index in [9.17, 15) is 4.79 Å². The number of pyridine rings is 1. The fourth-order valence-corrected chi connectivity index (χ4v) is 4.21. The molecule has 3 heterocycles. The van der Waals surface area contributed by atoms with E-state index in [-0.39, 0.29) is 17.1 Å². The Bertz CT molecular complexity index is 976. The topological polar surface area (TPSA) is 92.3 Å². The monoisotopic (exact) mass is 422 g/mol. The highest BCUT2D eigenvalue weighted by molar-refractivity contribution is 5.96. The normalized spacial score (nSPS) is 18.1. The Morgan fingerprint density at radius 1 is 1.13 bits per heavy atom. The molecule has 1 aliphatic heterocycles. The van der Waals surface area contributed by atoms with Gasteiger partial charge in [0.05, 0.1) is 25.2 Å². The number of nitrogens with zero attached hydrogens (tertiary/aromatic N) is 4. The molecule has 0 radical (unpaired) electrons. The first-order valence-corrected chi connectivity index (χ1v) is 10.2. The van der Waals surface area contributed by atoms with Crippen LogP contribution in [0.15, 0.2) is 24.7 Å². The number of piperidine rings is 1. The van der Waals surface area contributed by atoms with Crippen LogP contribution in [0.2, 0.25) is 0 Å². The molecule has 8 nitrogen and oxygen atoms in total. The highest BCUT2D eigenvalue weighted by Crippen LogP contribution is 2.38. The number of hydrogen-bond acceptors (Lipinski definition) is 8. The van der Waals surface area contributed by atoms with Gasteiger partial charge in [-0.15, -0.1) is 6.42 Å². The van der Waals surface area contributed by atoms with Crippen LogP contribution in [-0.2, 0) is 4.74 Å². The van der Waals surface area contributed by atoms with Crippen LogP contribution in [0.3, 0.4) is 0 Å². The minimum atomic E-state index is -0.439. The molecule has 1 saturated heterocycles. The van der Waals surface area contributed by atoms with Crippen molar-refractivity contribution in [3.05, 3.63) is 35.9 Å². The van der Waals surface area contributed by atoms with Crippen molar-refractivity contribution < 1.29 is 9.53 Å². The summed E-state index contributed by atoms with van der Waals surface area (Å²) in [6, 6.07) is 1.97. The largest absolute Gasteiger partial charge is 0.465 e. The van der Waals surface area contributed by atoms with Gasteiger partial charge in [0.2, 0.25) is 0 Å². The van der Waals surface area contributed by atoms with Crippen LogP contribution < -0.4 is 10.6 Å². The maximum Gasteiger partial charge on any atom is 0.341 e. The van der Waals surface area contributed by atoms with E-state index in [4.69, 9.17) is 11.2 Å². The molecule has 0 aromatic carbocycles. The molecule has 0 bridgehead atoms. The minimum absolute atomic E-state index is 0.00726. The van der Waals surface area contributed by atoms with Crippen LogP contribution in [0.4, 0.5) is 17.3 Å². The van der Waals surface area contributed by atoms with Crippen molar-refractivity contribution in [2.45, 2.75) is 57.7 Å². The van der Waals surface area contributed by atoms with E-state index in [2.05, 4.69) is 71.1 Å². The molecular formula is C23H30N6O2. The number of esters is 1.